The SMILES string of the molecule is CC(C)N(Cc1ccccc1)C(=S)N=C(Nc1ccccc1)c1ccccc1. The number of hydrogen-bond acceptors (Lipinski definition) is 1. The molecule has 0 aliphatic rings. The molecule has 3 nitrogen and oxygen atoms in total. The topological polar surface area (TPSA) is 27.6 Å². The van der Waals surface area contributed by atoms with Crippen LogP contribution in [0.1, 0.15) is 25.0 Å². The number of nitrogens with zero attached hydrogens (tertiary/aromatic N) is 2. The van der Waals surface area contributed by atoms with Crippen LogP contribution in [0, 0.1) is 0 Å². The molecule has 0 aliphatic carbocycles. The highest BCUT2D eigenvalue weighted by Crippen LogP contribution is 2.14. The van der Waals surface area contributed by atoms with E-state index in [1.807, 2.05) is 78.9 Å². The second-order valence-electron chi connectivity index (χ2n) is 6.81. The van der Waals surface area contributed by atoms with E-state index >= 15 is 0 Å². The first kappa shape index (κ1) is 19.8. The molecule has 0 bridgehead atoms. The van der Waals surface area contributed by atoms with Crippen LogP contribution in [0.2, 0.25) is 0 Å². The Hall–Kier alpha value is -2.98. The van der Waals surface area contributed by atoms with E-state index < -0.39 is 0 Å². The van der Waals surface area contributed by atoms with Crippen molar-refractivity contribution in [1.29, 1.82) is 0 Å². The summed E-state index contributed by atoms with van der Waals surface area (Å²) in [6, 6.07) is 30.7. The lowest BCUT2D eigenvalue weighted by Gasteiger charge is -2.27. The van der Waals surface area contributed by atoms with E-state index in [1.54, 1.807) is 0 Å². The third-order valence-electron chi connectivity index (χ3n) is 4.36. The van der Waals surface area contributed by atoms with Gasteiger partial charge in [0.25, 0.3) is 0 Å². The highest BCUT2D eigenvalue weighted by atomic mass is 32.1. The predicted octanol–water partition coefficient (Wildman–Crippen LogP) is 5.74. The number of hydrogen-bond donors (Lipinski definition) is 1. The Kier molecular flexibility index (Phi) is 6.93. The van der Waals surface area contributed by atoms with Crippen LogP contribution in [0.3, 0.4) is 0 Å². The van der Waals surface area contributed by atoms with E-state index in [2.05, 4.69) is 36.2 Å². The maximum Gasteiger partial charge on any atom is 0.197 e. The van der Waals surface area contributed by atoms with Gasteiger partial charge in [-0.1, -0.05) is 78.9 Å². The molecule has 4 heteroatoms. The van der Waals surface area contributed by atoms with Gasteiger partial charge < -0.3 is 10.2 Å². The third-order valence-corrected chi connectivity index (χ3v) is 4.68. The Morgan fingerprint density at radius 3 is 1.96 bits per heavy atom. The van der Waals surface area contributed by atoms with Crippen LogP contribution in [0.4, 0.5) is 5.69 Å². The molecule has 142 valence electrons. The van der Waals surface area contributed by atoms with Crippen molar-refractivity contribution in [3.8, 4) is 0 Å². The first-order valence-corrected chi connectivity index (χ1v) is 9.85. The zero-order valence-electron chi connectivity index (χ0n) is 16.2. The number of rotatable bonds is 5. The second kappa shape index (κ2) is 9.81. The van der Waals surface area contributed by atoms with Crippen LogP contribution < -0.4 is 5.32 Å². The fourth-order valence-corrected chi connectivity index (χ4v) is 3.20. The summed E-state index contributed by atoms with van der Waals surface area (Å²) < 4.78 is 0. The molecule has 0 fully saturated rings. The van der Waals surface area contributed by atoms with Gasteiger partial charge >= 0.3 is 0 Å². The summed E-state index contributed by atoms with van der Waals surface area (Å²) in [5, 5.41) is 3.99. The van der Waals surface area contributed by atoms with Crippen LogP contribution >= 0.6 is 12.2 Å². The summed E-state index contributed by atoms with van der Waals surface area (Å²) in [7, 11) is 0. The minimum Gasteiger partial charge on any atom is -0.341 e. The largest absolute Gasteiger partial charge is 0.341 e. The molecule has 0 aliphatic heterocycles. The Morgan fingerprint density at radius 1 is 0.857 bits per heavy atom. The normalized spacial score (nSPS) is 11.3. The molecule has 3 aromatic rings. The molecule has 3 rings (SSSR count). The van der Waals surface area contributed by atoms with Crippen molar-refractivity contribution >= 4 is 28.9 Å². The molecule has 28 heavy (non-hydrogen) atoms. The smallest absolute Gasteiger partial charge is 0.197 e. The van der Waals surface area contributed by atoms with Gasteiger partial charge in [-0.3, -0.25) is 0 Å². The molecule has 0 saturated heterocycles. The fourth-order valence-electron chi connectivity index (χ4n) is 2.83. The highest BCUT2D eigenvalue weighted by molar-refractivity contribution is 7.80. The maximum atomic E-state index is 5.74. The number of anilines is 1. The van der Waals surface area contributed by atoms with Gasteiger partial charge in [-0.2, -0.15) is 0 Å². The molecule has 0 amide bonds. The van der Waals surface area contributed by atoms with Crippen molar-refractivity contribution in [1.82, 2.24) is 4.90 Å². The van der Waals surface area contributed by atoms with Crippen molar-refractivity contribution in [2.75, 3.05) is 5.32 Å². The number of thiocarbonyl (C=S) groups is 1. The summed E-state index contributed by atoms with van der Waals surface area (Å²) in [5.41, 5.74) is 3.19. The summed E-state index contributed by atoms with van der Waals surface area (Å²) in [5.74, 6) is 0.746. The monoisotopic (exact) mass is 387 g/mol. The predicted molar refractivity (Wildman–Crippen MR) is 123 cm³/mol. The van der Waals surface area contributed by atoms with E-state index in [9.17, 15) is 0 Å². The molecule has 0 spiro atoms. The molecular formula is C24H25N3S. The lowest BCUT2D eigenvalue weighted by atomic mass is 10.2. The van der Waals surface area contributed by atoms with E-state index in [0.717, 1.165) is 23.6 Å². The lowest BCUT2D eigenvalue weighted by molar-refractivity contribution is 0.345. The van der Waals surface area contributed by atoms with Crippen LogP contribution in [0.15, 0.2) is 96.0 Å². The highest BCUT2D eigenvalue weighted by Gasteiger charge is 2.15. The number of aliphatic imine (C=N–C) groups is 1. The van der Waals surface area contributed by atoms with E-state index in [0.29, 0.717) is 5.11 Å². The molecule has 0 atom stereocenters. The molecule has 0 heterocycles. The van der Waals surface area contributed by atoms with Crippen LogP contribution in [0.25, 0.3) is 0 Å². The molecular weight excluding hydrogens is 362 g/mol. The molecule has 0 aromatic heterocycles. The average molecular weight is 388 g/mol. The van der Waals surface area contributed by atoms with Crippen molar-refractivity contribution in [2.24, 2.45) is 4.99 Å². The quantitative estimate of drug-likeness (QED) is 0.344. The second-order valence-corrected chi connectivity index (χ2v) is 7.17. The maximum absolute atomic E-state index is 5.74. The van der Waals surface area contributed by atoms with Crippen LogP contribution in [-0.4, -0.2) is 21.9 Å². The van der Waals surface area contributed by atoms with Crippen LogP contribution in [-0.2, 0) is 6.54 Å². The van der Waals surface area contributed by atoms with Crippen LogP contribution in [0.5, 0.6) is 0 Å². The average Bonchev–Trinajstić information content (AvgIpc) is 2.73. The molecule has 1 N–H and O–H groups in total. The molecule has 0 saturated carbocycles. The lowest BCUT2D eigenvalue weighted by Crippen LogP contribution is -2.35. The van der Waals surface area contributed by atoms with Crippen molar-refractivity contribution in [3.63, 3.8) is 0 Å². The zero-order chi connectivity index (χ0) is 19.8. The van der Waals surface area contributed by atoms with Crippen molar-refractivity contribution in [3.05, 3.63) is 102 Å². The Balaban J connectivity index is 1.89. The summed E-state index contributed by atoms with van der Waals surface area (Å²) in [6.45, 7) is 5.00. The zero-order valence-corrected chi connectivity index (χ0v) is 17.1. The van der Waals surface area contributed by atoms with E-state index in [-0.39, 0.29) is 6.04 Å². The van der Waals surface area contributed by atoms with Gasteiger partial charge in [-0.15, -0.1) is 0 Å². The van der Waals surface area contributed by atoms with Crippen molar-refractivity contribution in [2.45, 2.75) is 26.4 Å². The molecule has 3 aromatic carbocycles. The van der Waals surface area contributed by atoms with Crippen molar-refractivity contribution < 1.29 is 0 Å². The van der Waals surface area contributed by atoms with Gasteiger partial charge in [0.15, 0.2) is 5.11 Å². The Morgan fingerprint density at radius 2 is 1.39 bits per heavy atom. The third kappa shape index (κ3) is 5.51. The van der Waals surface area contributed by atoms with Gasteiger partial charge in [0, 0.05) is 23.8 Å². The van der Waals surface area contributed by atoms with Gasteiger partial charge in [-0.05, 0) is 43.8 Å². The minimum absolute atomic E-state index is 0.241. The summed E-state index contributed by atoms with van der Waals surface area (Å²) in [6.07, 6.45) is 0. The fraction of sp³-hybridized carbons (Fsp3) is 0.167. The summed E-state index contributed by atoms with van der Waals surface area (Å²) in [4.78, 5) is 6.96. The Bertz CT molecular complexity index is 906. The number of para-hydroxylation sites is 1. The van der Waals surface area contributed by atoms with Gasteiger partial charge in [0.05, 0.1) is 0 Å². The van der Waals surface area contributed by atoms with E-state index in [1.165, 1.54) is 5.56 Å². The standard InChI is InChI=1S/C24H25N3S/c1-19(2)27(18-20-12-6-3-7-13-20)24(28)26-23(21-14-8-4-9-15-21)25-22-16-10-5-11-17-22/h3-17,19H,18H2,1-2H3,(H,25,26,28). The number of benzene rings is 3. The van der Waals surface area contributed by atoms with Gasteiger partial charge in [-0.25, -0.2) is 4.99 Å². The molecule has 0 radical (unpaired) electrons. The minimum atomic E-state index is 0.241. The Labute approximate surface area is 172 Å². The van der Waals surface area contributed by atoms with Gasteiger partial charge in [0.1, 0.15) is 5.84 Å². The van der Waals surface area contributed by atoms with E-state index in [4.69, 9.17) is 17.2 Å². The number of nitrogens with one attached hydrogen (secondary N) is 1. The summed E-state index contributed by atoms with van der Waals surface area (Å²) >= 11 is 5.74. The first-order chi connectivity index (χ1) is 13.6. The first-order valence-electron chi connectivity index (χ1n) is 9.44. The number of amidine groups is 1. The van der Waals surface area contributed by atoms with Gasteiger partial charge in [0.2, 0.25) is 0 Å². The molecule has 0 unspecified atom stereocenters.